The number of aromatic nitrogens is 3. The van der Waals surface area contributed by atoms with Crippen molar-refractivity contribution in [3.63, 3.8) is 0 Å². The number of carbonyl (C=O) groups is 1. The highest BCUT2D eigenvalue weighted by Crippen LogP contribution is 2.29. The Morgan fingerprint density at radius 2 is 1.92 bits per heavy atom. The van der Waals surface area contributed by atoms with Crippen LogP contribution in [-0.4, -0.2) is 58.7 Å². The summed E-state index contributed by atoms with van der Waals surface area (Å²) in [5.41, 5.74) is 2.19. The van der Waals surface area contributed by atoms with Gasteiger partial charge in [-0.15, -0.1) is 0 Å². The Kier molecular flexibility index (Phi) is 7.80. The molecule has 36 heavy (non-hydrogen) atoms. The van der Waals surface area contributed by atoms with Gasteiger partial charge in [0.15, 0.2) is 0 Å². The number of aryl methyl sites for hydroxylation is 1. The molecule has 1 saturated heterocycles. The Bertz CT molecular complexity index is 1230. The fraction of sp³-hybridized carbons (Fsp3) is 0.360. The average molecular weight is 502 g/mol. The number of benzene rings is 1. The maximum atomic E-state index is 13.0. The molecule has 8 nitrogen and oxygen atoms in total. The molecule has 3 heterocycles. The van der Waals surface area contributed by atoms with E-state index in [-0.39, 0.29) is 11.6 Å². The second kappa shape index (κ2) is 11.0. The molecule has 2 aromatic heterocycles. The highest BCUT2D eigenvalue weighted by molar-refractivity contribution is 6.04. The van der Waals surface area contributed by atoms with Crippen LogP contribution >= 0.6 is 0 Å². The lowest BCUT2D eigenvalue weighted by atomic mass is 10.0. The third-order valence-electron chi connectivity index (χ3n) is 5.61. The second-order valence-electron chi connectivity index (χ2n) is 8.26. The Hall–Kier alpha value is -3.57. The molecule has 0 bridgehead atoms. The van der Waals surface area contributed by atoms with Gasteiger partial charge < -0.3 is 14.8 Å². The Morgan fingerprint density at radius 3 is 2.64 bits per heavy atom. The predicted octanol–water partition coefficient (Wildman–Crippen LogP) is 4.35. The van der Waals surface area contributed by atoms with Crippen LogP contribution < -0.4 is 10.1 Å². The summed E-state index contributed by atoms with van der Waals surface area (Å²) >= 11 is 0. The van der Waals surface area contributed by atoms with E-state index in [0.717, 1.165) is 42.2 Å². The number of carbonyl (C=O) groups excluding carboxylic acids is 1. The van der Waals surface area contributed by atoms with Crippen LogP contribution in [-0.2, 0) is 17.5 Å². The van der Waals surface area contributed by atoms with E-state index in [1.165, 1.54) is 6.07 Å². The number of anilines is 1. The highest BCUT2D eigenvalue weighted by atomic mass is 19.4. The van der Waals surface area contributed by atoms with Crippen molar-refractivity contribution in [1.29, 1.82) is 0 Å². The van der Waals surface area contributed by atoms with Crippen LogP contribution in [0.15, 0.2) is 42.6 Å². The summed E-state index contributed by atoms with van der Waals surface area (Å²) < 4.78 is 50.0. The normalized spacial score (nSPS) is 14.5. The molecular formula is C25H26F3N5O3. The number of nitrogens with one attached hydrogen (secondary N) is 1. The van der Waals surface area contributed by atoms with E-state index in [1.54, 1.807) is 12.1 Å². The second-order valence-corrected chi connectivity index (χ2v) is 8.26. The number of morpholine rings is 1. The van der Waals surface area contributed by atoms with Crippen LogP contribution in [0.4, 0.5) is 18.9 Å². The molecule has 190 valence electrons. The zero-order valence-electron chi connectivity index (χ0n) is 19.9. The molecule has 1 aromatic carbocycles. The minimum absolute atomic E-state index is 0.145. The Labute approximate surface area is 206 Å². The molecular weight excluding hydrogens is 475 g/mol. The zero-order valence-corrected chi connectivity index (χ0v) is 19.9. The molecule has 3 aromatic rings. The molecule has 1 amide bonds. The minimum atomic E-state index is -4.64. The molecule has 0 atom stereocenters. The number of halogens is 3. The molecule has 0 radical (unpaired) electrons. The van der Waals surface area contributed by atoms with Gasteiger partial charge in [0.25, 0.3) is 5.91 Å². The van der Waals surface area contributed by atoms with Crippen LogP contribution in [0.25, 0.3) is 11.3 Å². The standard InChI is InChI=1S/C25H26F3N5O3/c1-3-36-24-31-19(15-33-8-10-35-11-9-33)14-21(32-24)20-13-18(5-4-16(20)2)30-23(34)17-6-7-29-22(12-17)25(26,27)28/h4-7,12-14H,3,8-11,15H2,1-2H3,(H,30,34). The van der Waals surface area contributed by atoms with Crippen molar-refractivity contribution in [3.05, 3.63) is 65.1 Å². The highest BCUT2D eigenvalue weighted by Gasteiger charge is 2.33. The van der Waals surface area contributed by atoms with Crippen molar-refractivity contribution in [2.75, 3.05) is 38.2 Å². The van der Waals surface area contributed by atoms with Gasteiger partial charge in [-0.3, -0.25) is 14.7 Å². The largest absolute Gasteiger partial charge is 0.464 e. The molecule has 1 fully saturated rings. The zero-order chi connectivity index (χ0) is 25.7. The maximum Gasteiger partial charge on any atom is 0.433 e. The maximum absolute atomic E-state index is 13.0. The van der Waals surface area contributed by atoms with Crippen molar-refractivity contribution >= 4 is 11.6 Å². The van der Waals surface area contributed by atoms with Gasteiger partial charge in [-0.05, 0) is 49.7 Å². The summed E-state index contributed by atoms with van der Waals surface area (Å²) in [5.74, 6) is -0.677. The van der Waals surface area contributed by atoms with Gasteiger partial charge in [-0.25, -0.2) is 0 Å². The van der Waals surface area contributed by atoms with E-state index < -0.39 is 17.8 Å². The van der Waals surface area contributed by atoms with Gasteiger partial charge in [0.1, 0.15) is 5.69 Å². The lowest BCUT2D eigenvalue weighted by molar-refractivity contribution is -0.141. The van der Waals surface area contributed by atoms with E-state index >= 15 is 0 Å². The number of hydrogen-bond donors (Lipinski definition) is 1. The van der Waals surface area contributed by atoms with Crippen molar-refractivity contribution in [2.45, 2.75) is 26.6 Å². The fourth-order valence-electron chi connectivity index (χ4n) is 3.78. The smallest absolute Gasteiger partial charge is 0.433 e. The number of ether oxygens (including phenoxy) is 2. The van der Waals surface area contributed by atoms with Crippen molar-refractivity contribution in [3.8, 4) is 17.3 Å². The SMILES string of the molecule is CCOc1nc(CN2CCOCC2)cc(-c2cc(NC(=O)c3ccnc(C(F)(F)F)c3)ccc2C)n1. The first-order chi connectivity index (χ1) is 17.2. The molecule has 1 N–H and O–H groups in total. The minimum Gasteiger partial charge on any atom is -0.464 e. The van der Waals surface area contributed by atoms with Gasteiger partial charge in [0.05, 0.1) is 31.2 Å². The third-order valence-corrected chi connectivity index (χ3v) is 5.61. The Morgan fingerprint density at radius 1 is 1.14 bits per heavy atom. The number of pyridine rings is 1. The van der Waals surface area contributed by atoms with E-state index in [1.807, 2.05) is 26.0 Å². The predicted molar refractivity (Wildman–Crippen MR) is 127 cm³/mol. The van der Waals surface area contributed by atoms with E-state index in [0.29, 0.717) is 37.7 Å². The molecule has 4 rings (SSSR count). The topological polar surface area (TPSA) is 89.5 Å². The van der Waals surface area contributed by atoms with Gasteiger partial charge in [0.2, 0.25) is 0 Å². The summed E-state index contributed by atoms with van der Waals surface area (Å²) in [4.78, 5) is 27.3. The number of amides is 1. The third kappa shape index (κ3) is 6.35. The fourth-order valence-corrected chi connectivity index (χ4v) is 3.78. The van der Waals surface area contributed by atoms with Gasteiger partial charge in [-0.2, -0.15) is 23.1 Å². The first-order valence-corrected chi connectivity index (χ1v) is 11.5. The number of nitrogens with zero attached hydrogens (tertiary/aromatic N) is 4. The summed E-state index contributed by atoms with van der Waals surface area (Å²) in [6.45, 7) is 7.70. The quantitative estimate of drug-likeness (QED) is 0.515. The first-order valence-electron chi connectivity index (χ1n) is 11.5. The van der Waals surface area contributed by atoms with Crippen molar-refractivity contribution < 1.29 is 27.4 Å². The first kappa shape index (κ1) is 25.5. The molecule has 0 spiro atoms. The average Bonchev–Trinajstić information content (AvgIpc) is 2.85. The molecule has 0 aliphatic carbocycles. The Balaban J connectivity index is 1.61. The van der Waals surface area contributed by atoms with Crippen LogP contribution in [0.5, 0.6) is 6.01 Å². The molecule has 11 heteroatoms. The number of rotatable bonds is 7. The molecule has 1 aliphatic heterocycles. The lowest BCUT2D eigenvalue weighted by Gasteiger charge is -2.26. The van der Waals surface area contributed by atoms with Crippen LogP contribution in [0.2, 0.25) is 0 Å². The summed E-state index contributed by atoms with van der Waals surface area (Å²) in [6, 6.07) is 9.31. The summed E-state index contributed by atoms with van der Waals surface area (Å²) in [5, 5.41) is 2.66. The van der Waals surface area contributed by atoms with Crippen LogP contribution in [0.3, 0.4) is 0 Å². The van der Waals surface area contributed by atoms with E-state index in [9.17, 15) is 18.0 Å². The number of alkyl halides is 3. The molecule has 0 saturated carbocycles. The van der Waals surface area contributed by atoms with Crippen LogP contribution in [0, 0.1) is 6.92 Å². The van der Waals surface area contributed by atoms with Crippen molar-refractivity contribution in [2.24, 2.45) is 0 Å². The van der Waals surface area contributed by atoms with Gasteiger partial charge in [0, 0.05) is 42.6 Å². The number of hydrogen-bond acceptors (Lipinski definition) is 7. The molecule has 0 unspecified atom stereocenters. The van der Waals surface area contributed by atoms with Crippen molar-refractivity contribution in [1.82, 2.24) is 19.9 Å². The monoisotopic (exact) mass is 501 g/mol. The van der Waals surface area contributed by atoms with Gasteiger partial charge >= 0.3 is 12.2 Å². The summed E-state index contributed by atoms with van der Waals surface area (Å²) in [7, 11) is 0. The van der Waals surface area contributed by atoms with Crippen LogP contribution in [0.1, 0.15) is 34.2 Å². The van der Waals surface area contributed by atoms with E-state index in [4.69, 9.17) is 9.47 Å². The molecule has 1 aliphatic rings. The lowest BCUT2D eigenvalue weighted by Crippen LogP contribution is -2.35. The summed E-state index contributed by atoms with van der Waals surface area (Å²) in [6.07, 6.45) is -3.68. The van der Waals surface area contributed by atoms with Gasteiger partial charge in [-0.1, -0.05) is 6.07 Å². The van der Waals surface area contributed by atoms with E-state index in [2.05, 4.69) is 25.2 Å².